The van der Waals surface area contributed by atoms with Gasteiger partial charge in [-0.3, -0.25) is 14.9 Å². The molecule has 2 aliphatic rings. The Morgan fingerprint density at radius 2 is 1.86 bits per heavy atom. The topological polar surface area (TPSA) is 46.2 Å². The second-order valence-electron chi connectivity index (χ2n) is 5.83. The molecule has 0 radical (unpaired) electrons. The predicted molar refractivity (Wildman–Crippen MR) is 98.6 cm³/mol. The lowest BCUT2D eigenvalue weighted by Crippen LogP contribution is -2.59. The Morgan fingerprint density at radius 1 is 1.24 bits per heavy atom. The van der Waals surface area contributed by atoms with Crippen molar-refractivity contribution in [1.82, 2.24) is 5.32 Å². The van der Waals surface area contributed by atoms with E-state index in [0.29, 0.717) is 6.42 Å². The summed E-state index contributed by atoms with van der Waals surface area (Å²) in [6, 6.07) is 0. The van der Waals surface area contributed by atoms with Crippen molar-refractivity contribution in [3.8, 4) is 0 Å². The quantitative estimate of drug-likeness (QED) is 0.421. The molecule has 3 nitrogen and oxygen atoms in total. The van der Waals surface area contributed by atoms with Gasteiger partial charge in [0.15, 0.2) is 0 Å². The number of carbonyl (C=O) groups is 2. The number of amides is 2. The van der Waals surface area contributed by atoms with Crippen LogP contribution < -0.4 is 5.32 Å². The molecule has 7 unspecified atom stereocenters. The number of hydrogen-bond acceptors (Lipinski definition) is 2. The van der Waals surface area contributed by atoms with Crippen LogP contribution in [0.4, 0.5) is 0 Å². The van der Waals surface area contributed by atoms with E-state index in [2.05, 4.69) is 82.9 Å². The van der Waals surface area contributed by atoms with Gasteiger partial charge in [-0.2, -0.15) is 0 Å². The highest BCUT2D eigenvalue weighted by molar-refractivity contribution is 9.12. The molecule has 1 saturated carbocycles. The van der Waals surface area contributed by atoms with E-state index < -0.39 is 5.41 Å². The Bertz CT molecular complexity index is 447. The highest BCUT2D eigenvalue weighted by Gasteiger charge is 2.67. The monoisotopic (exact) mass is 549 g/mol. The van der Waals surface area contributed by atoms with Crippen molar-refractivity contribution < 1.29 is 9.59 Å². The zero-order valence-electron chi connectivity index (χ0n) is 11.9. The lowest BCUT2D eigenvalue weighted by Gasteiger charge is -2.51. The molecule has 0 spiro atoms. The molecule has 1 aliphatic carbocycles. The Labute approximate surface area is 159 Å². The fourth-order valence-corrected chi connectivity index (χ4v) is 7.60. The van der Waals surface area contributed by atoms with E-state index in [1.807, 2.05) is 0 Å². The molecule has 7 atom stereocenters. The summed E-state index contributed by atoms with van der Waals surface area (Å²) in [7, 11) is 0. The first-order valence-electron chi connectivity index (χ1n) is 7.23. The van der Waals surface area contributed by atoms with Crippen LogP contribution in [0.3, 0.4) is 0 Å². The van der Waals surface area contributed by atoms with Crippen LogP contribution in [0.2, 0.25) is 0 Å². The second kappa shape index (κ2) is 6.89. The Morgan fingerprint density at radius 3 is 2.38 bits per heavy atom. The van der Waals surface area contributed by atoms with Crippen LogP contribution in [0.15, 0.2) is 0 Å². The van der Waals surface area contributed by atoms with Crippen molar-refractivity contribution in [2.24, 2.45) is 17.3 Å². The van der Waals surface area contributed by atoms with E-state index in [0.717, 1.165) is 12.8 Å². The minimum Gasteiger partial charge on any atom is -0.296 e. The molecule has 0 aromatic rings. The highest BCUT2D eigenvalue weighted by atomic mass is 79.9. The molecule has 0 aromatic carbocycles. The van der Waals surface area contributed by atoms with Crippen molar-refractivity contribution >= 4 is 75.5 Å². The van der Waals surface area contributed by atoms with E-state index in [1.165, 1.54) is 0 Å². The first kappa shape index (κ1) is 18.4. The molecule has 0 aromatic heterocycles. The molecule has 1 heterocycles. The van der Waals surface area contributed by atoms with Crippen molar-refractivity contribution in [1.29, 1.82) is 0 Å². The number of hydrogen-bond donors (Lipinski definition) is 1. The summed E-state index contributed by atoms with van der Waals surface area (Å²) in [6.45, 7) is 4.15. The zero-order valence-corrected chi connectivity index (χ0v) is 18.3. The van der Waals surface area contributed by atoms with Gasteiger partial charge in [-0.15, -0.1) is 0 Å². The zero-order chi connectivity index (χ0) is 15.9. The summed E-state index contributed by atoms with van der Waals surface area (Å²) < 4.78 is 0. The fraction of sp³-hybridized carbons (Fsp3) is 0.857. The predicted octanol–water partition coefficient (Wildman–Crippen LogP) is 4.14. The number of halogens is 4. The maximum absolute atomic E-state index is 12.8. The summed E-state index contributed by atoms with van der Waals surface area (Å²) in [6.07, 6.45) is 2.39. The minimum atomic E-state index is -0.686. The van der Waals surface area contributed by atoms with Crippen LogP contribution in [-0.4, -0.2) is 31.1 Å². The van der Waals surface area contributed by atoms with Crippen molar-refractivity contribution in [2.45, 2.75) is 52.4 Å². The molecule has 1 N–H and O–H groups in total. The number of fused-ring (bicyclic) bond motifs is 1. The summed E-state index contributed by atoms with van der Waals surface area (Å²) in [5, 5.41) is 2.59. The molecule has 21 heavy (non-hydrogen) atoms. The van der Waals surface area contributed by atoms with Gasteiger partial charge in [0.05, 0.1) is 11.3 Å². The molecule has 2 fully saturated rings. The lowest BCUT2D eigenvalue weighted by molar-refractivity contribution is -0.134. The maximum Gasteiger partial charge on any atom is 0.235 e. The second-order valence-corrected chi connectivity index (χ2v) is 10.3. The first-order valence-corrected chi connectivity index (χ1v) is 10.9. The smallest absolute Gasteiger partial charge is 0.235 e. The van der Waals surface area contributed by atoms with Crippen molar-refractivity contribution in [3.63, 3.8) is 0 Å². The number of carbonyl (C=O) groups excluding carboxylic acids is 2. The molecule has 1 aliphatic heterocycles. The summed E-state index contributed by atoms with van der Waals surface area (Å²) in [5.74, 6) is -0.471. The highest BCUT2D eigenvalue weighted by Crippen LogP contribution is 2.59. The molecule has 0 bridgehead atoms. The lowest BCUT2D eigenvalue weighted by atomic mass is 9.58. The van der Waals surface area contributed by atoms with Gasteiger partial charge in [0, 0.05) is 25.2 Å². The van der Waals surface area contributed by atoms with Crippen molar-refractivity contribution in [3.05, 3.63) is 0 Å². The van der Waals surface area contributed by atoms with Gasteiger partial charge in [-0.1, -0.05) is 77.6 Å². The molecule has 2 rings (SSSR count). The standard InChI is InChI=1S/C14H19Br4NO2/c1-3-7(15)10-11(18)8(16)5-6-12(20)19-13(21)14(6,10)9(17)4-2/h6-11H,3-5H2,1-2H3,(H,19,20,21). The average Bonchev–Trinajstić information content (AvgIpc) is 2.70. The van der Waals surface area contributed by atoms with Crippen LogP contribution in [0, 0.1) is 17.3 Å². The van der Waals surface area contributed by atoms with Crippen LogP contribution in [0.1, 0.15) is 33.1 Å². The van der Waals surface area contributed by atoms with Gasteiger partial charge in [0.1, 0.15) is 0 Å². The van der Waals surface area contributed by atoms with Gasteiger partial charge in [-0.25, -0.2) is 0 Å². The molecule has 7 heteroatoms. The SMILES string of the molecule is CCC(Br)C1C(Br)C(Br)CC2C(=O)NC(=O)C21C(Br)CC. The van der Waals surface area contributed by atoms with Gasteiger partial charge in [-0.05, 0) is 19.3 Å². The van der Waals surface area contributed by atoms with Crippen LogP contribution in [-0.2, 0) is 9.59 Å². The average molecular weight is 553 g/mol. The third-order valence-electron chi connectivity index (χ3n) is 4.88. The number of nitrogens with one attached hydrogen (secondary N) is 1. The first-order chi connectivity index (χ1) is 9.82. The van der Waals surface area contributed by atoms with Crippen LogP contribution in [0.25, 0.3) is 0 Å². The Hall–Kier alpha value is 1.06. The third-order valence-corrected chi connectivity index (χ3v) is 10.4. The molecular formula is C14H19Br4NO2. The van der Waals surface area contributed by atoms with Gasteiger partial charge >= 0.3 is 0 Å². The molecule has 120 valence electrons. The van der Waals surface area contributed by atoms with E-state index in [4.69, 9.17) is 0 Å². The Balaban J connectivity index is 2.60. The van der Waals surface area contributed by atoms with E-state index >= 15 is 0 Å². The summed E-state index contributed by atoms with van der Waals surface area (Å²) >= 11 is 15.0. The van der Waals surface area contributed by atoms with E-state index in [-0.39, 0.29) is 43.0 Å². The normalized spacial score (nSPS) is 42.4. The number of imide groups is 1. The molecule has 2 amide bonds. The summed E-state index contributed by atoms with van der Waals surface area (Å²) in [4.78, 5) is 25.6. The third kappa shape index (κ3) is 2.72. The van der Waals surface area contributed by atoms with Gasteiger partial charge in [0.2, 0.25) is 11.8 Å². The number of alkyl halides is 4. The summed E-state index contributed by atoms with van der Waals surface area (Å²) in [5.41, 5.74) is -0.686. The van der Waals surface area contributed by atoms with E-state index in [9.17, 15) is 9.59 Å². The van der Waals surface area contributed by atoms with E-state index in [1.54, 1.807) is 0 Å². The largest absolute Gasteiger partial charge is 0.296 e. The molecule has 1 saturated heterocycles. The van der Waals surface area contributed by atoms with Gasteiger partial charge in [0.25, 0.3) is 0 Å². The fourth-order valence-electron chi connectivity index (χ4n) is 3.87. The maximum atomic E-state index is 12.8. The van der Waals surface area contributed by atoms with Crippen LogP contribution in [0.5, 0.6) is 0 Å². The van der Waals surface area contributed by atoms with Gasteiger partial charge < -0.3 is 0 Å². The Kier molecular flexibility index (Phi) is 6.04. The minimum absolute atomic E-state index is 0.0156. The molecular weight excluding hydrogens is 534 g/mol. The van der Waals surface area contributed by atoms with Crippen molar-refractivity contribution in [2.75, 3.05) is 0 Å². The number of rotatable bonds is 4. The van der Waals surface area contributed by atoms with Crippen LogP contribution >= 0.6 is 63.7 Å².